The summed E-state index contributed by atoms with van der Waals surface area (Å²) in [4.78, 5) is 46.2. The van der Waals surface area contributed by atoms with Crippen molar-refractivity contribution in [2.45, 2.75) is 44.7 Å². The van der Waals surface area contributed by atoms with Gasteiger partial charge in [0.2, 0.25) is 0 Å². The van der Waals surface area contributed by atoms with Gasteiger partial charge in [-0.3, -0.25) is 19.2 Å². The highest BCUT2D eigenvalue weighted by atomic mass is 16.5. The standard InChI is InChI=1S/C18H32N2O8/c1-12(11-20-14(18(24)28-5)10-16(22)26-3)7-6-8-19-13(17(23)27-4)9-15(21)25-2/h12-14,19-20H,6-11H2,1-5H3/t12?,13-,14-/m0/s1. The summed E-state index contributed by atoms with van der Waals surface area (Å²) in [5, 5.41) is 6.00. The Bertz CT molecular complexity index is 512. The molecule has 0 amide bonds. The Balaban J connectivity index is 4.32. The van der Waals surface area contributed by atoms with Crippen LogP contribution in [0, 0.1) is 5.92 Å². The van der Waals surface area contributed by atoms with Crippen LogP contribution in [0.2, 0.25) is 0 Å². The van der Waals surface area contributed by atoms with Crippen LogP contribution in [0.5, 0.6) is 0 Å². The first-order chi connectivity index (χ1) is 13.3. The summed E-state index contributed by atoms with van der Waals surface area (Å²) in [6.45, 7) is 2.99. The zero-order valence-electron chi connectivity index (χ0n) is 17.2. The second-order valence-corrected chi connectivity index (χ2v) is 6.32. The number of rotatable bonds is 14. The lowest BCUT2D eigenvalue weighted by Crippen LogP contribution is -2.42. The molecule has 162 valence electrons. The highest BCUT2D eigenvalue weighted by Crippen LogP contribution is 2.07. The van der Waals surface area contributed by atoms with Crippen LogP contribution in [0.4, 0.5) is 0 Å². The SMILES string of the molecule is COC(=O)C[C@H](NCCCC(C)CN[C@@H](CC(=O)OC)C(=O)OC)C(=O)OC. The summed E-state index contributed by atoms with van der Waals surface area (Å²) >= 11 is 0. The van der Waals surface area contributed by atoms with E-state index < -0.39 is 36.0 Å². The molecule has 0 saturated heterocycles. The summed E-state index contributed by atoms with van der Waals surface area (Å²) in [6.07, 6.45) is 1.32. The number of methoxy groups -OCH3 is 4. The van der Waals surface area contributed by atoms with Crippen LogP contribution in [0.1, 0.15) is 32.6 Å². The van der Waals surface area contributed by atoms with E-state index >= 15 is 0 Å². The largest absolute Gasteiger partial charge is 0.469 e. The van der Waals surface area contributed by atoms with E-state index in [9.17, 15) is 19.2 Å². The number of nitrogens with one attached hydrogen (secondary N) is 2. The Hall–Kier alpha value is -2.20. The van der Waals surface area contributed by atoms with Crippen molar-refractivity contribution in [3.63, 3.8) is 0 Å². The zero-order valence-corrected chi connectivity index (χ0v) is 17.2. The predicted octanol–water partition coefficient (Wildman–Crippen LogP) is -0.209. The average Bonchev–Trinajstić information content (AvgIpc) is 2.71. The van der Waals surface area contributed by atoms with Gasteiger partial charge in [-0.2, -0.15) is 0 Å². The molecule has 3 atom stereocenters. The van der Waals surface area contributed by atoms with Gasteiger partial charge >= 0.3 is 23.9 Å². The number of hydrogen-bond donors (Lipinski definition) is 2. The van der Waals surface area contributed by atoms with Gasteiger partial charge in [0.1, 0.15) is 12.1 Å². The molecule has 0 aliphatic heterocycles. The lowest BCUT2D eigenvalue weighted by molar-refractivity contribution is -0.149. The van der Waals surface area contributed by atoms with Crippen LogP contribution in [0.3, 0.4) is 0 Å². The minimum absolute atomic E-state index is 0.103. The van der Waals surface area contributed by atoms with Gasteiger partial charge in [-0.25, -0.2) is 0 Å². The molecule has 0 saturated carbocycles. The van der Waals surface area contributed by atoms with Crippen molar-refractivity contribution in [1.29, 1.82) is 0 Å². The van der Waals surface area contributed by atoms with Crippen molar-refractivity contribution < 1.29 is 38.1 Å². The lowest BCUT2D eigenvalue weighted by Gasteiger charge is -2.19. The maximum absolute atomic E-state index is 11.7. The third-order valence-corrected chi connectivity index (χ3v) is 4.15. The van der Waals surface area contributed by atoms with E-state index in [-0.39, 0.29) is 18.8 Å². The van der Waals surface area contributed by atoms with Crippen molar-refractivity contribution in [3.05, 3.63) is 0 Å². The summed E-state index contributed by atoms with van der Waals surface area (Å²) in [6, 6.07) is -1.52. The minimum Gasteiger partial charge on any atom is -0.469 e. The molecule has 0 aromatic carbocycles. The maximum atomic E-state index is 11.7. The smallest absolute Gasteiger partial charge is 0.323 e. The molecule has 2 N–H and O–H groups in total. The van der Waals surface area contributed by atoms with Crippen molar-refractivity contribution in [3.8, 4) is 0 Å². The fraction of sp³-hybridized carbons (Fsp3) is 0.778. The minimum atomic E-state index is -0.762. The first-order valence-electron chi connectivity index (χ1n) is 9.05. The van der Waals surface area contributed by atoms with Crippen LogP contribution >= 0.6 is 0 Å². The highest BCUT2D eigenvalue weighted by Gasteiger charge is 2.24. The molecular weight excluding hydrogens is 372 g/mol. The number of carbonyl (C=O) groups excluding carboxylic acids is 4. The van der Waals surface area contributed by atoms with Crippen molar-refractivity contribution in [1.82, 2.24) is 10.6 Å². The molecule has 1 unspecified atom stereocenters. The Labute approximate surface area is 165 Å². The summed E-state index contributed by atoms with van der Waals surface area (Å²) < 4.78 is 18.5. The van der Waals surface area contributed by atoms with Gasteiger partial charge in [-0.15, -0.1) is 0 Å². The van der Waals surface area contributed by atoms with E-state index in [4.69, 9.17) is 0 Å². The summed E-state index contributed by atoms with van der Waals surface area (Å²) in [5.41, 5.74) is 0. The molecule has 0 spiro atoms. The molecular formula is C18H32N2O8. The fourth-order valence-electron chi connectivity index (χ4n) is 2.43. The number of esters is 4. The predicted molar refractivity (Wildman–Crippen MR) is 99.3 cm³/mol. The molecule has 28 heavy (non-hydrogen) atoms. The summed E-state index contributed by atoms with van der Waals surface area (Å²) in [7, 11) is 5.03. The van der Waals surface area contributed by atoms with Crippen molar-refractivity contribution >= 4 is 23.9 Å². The van der Waals surface area contributed by atoms with Crippen LogP contribution in [-0.4, -0.2) is 77.5 Å². The normalized spacial score (nSPS) is 13.8. The molecule has 10 heteroatoms. The Kier molecular flexibility index (Phi) is 13.6. The molecule has 0 aliphatic rings. The van der Waals surface area contributed by atoms with Crippen LogP contribution < -0.4 is 10.6 Å². The quantitative estimate of drug-likeness (QED) is 0.228. The number of carbonyl (C=O) groups is 4. The van der Waals surface area contributed by atoms with Crippen LogP contribution in [0.25, 0.3) is 0 Å². The molecule has 0 heterocycles. The van der Waals surface area contributed by atoms with E-state index in [1.807, 2.05) is 6.92 Å². The average molecular weight is 404 g/mol. The van der Waals surface area contributed by atoms with Crippen LogP contribution in [-0.2, 0) is 38.1 Å². The van der Waals surface area contributed by atoms with Gasteiger partial charge < -0.3 is 29.6 Å². The monoisotopic (exact) mass is 404 g/mol. The second kappa shape index (κ2) is 14.8. The molecule has 10 nitrogen and oxygen atoms in total. The third kappa shape index (κ3) is 10.8. The van der Waals surface area contributed by atoms with E-state index in [1.54, 1.807) is 0 Å². The Morgan fingerprint density at radius 1 is 0.750 bits per heavy atom. The van der Waals surface area contributed by atoms with Gasteiger partial charge in [-0.1, -0.05) is 6.92 Å². The Morgan fingerprint density at radius 3 is 1.64 bits per heavy atom. The van der Waals surface area contributed by atoms with E-state index in [2.05, 4.69) is 29.6 Å². The van der Waals surface area contributed by atoms with Gasteiger partial charge in [0, 0.05) is 0 Å². The van der Waals surface area contributed by atoms with Crippen molar-refractivity contribution in [2.75, 3.05) is 41.5 Å². The van der Waals surface area contributed by atoms with Crippen LogP contribution in [0.15, 0.2) is 0 Å². The second-order valence-electron chi connectivity index (χ2n) is 6.32. The van der Waals surface area contributed by atoms with E-state index in [0.717, 1.165) is 12.8 Å². The summed E-state index contributed by atoms with van der Waals surface area (Å²) in [5.74, 6) is -1.85. The molecule has 0 aromatic heterocycles. The molecule has 0 rings (SSSR count). The fourth-order valence-corrected chi connectivity index (χ4v) is 2.43. The molecule has 0 radical (unpaired) electrons. The van der Waals surface area contributed by atoms with E-state index in [1.165, 1.54) is 28.4 Å². The number of ether oxygens (including phenoxy) is 4. The lowest BCUT2D eigenvalue weighted by atomic mass is 10.0. The van der Waals surface area contributed by atoms with Gasteiger partial charge in [0.25, 0.3) is 0 Å². The first kappa shape index (κ1) is 25.8. The highest BCUT2D eigenvalue weighted by molar-refractivity contribution is 5.83. The maximum Gasteiger partial charge on any atom is 0.323 e. The topological polar surface area (TPSA) is 129 Å². The number of hydrogen-bond acceptors (Lipinski definition) is 10. The molecule has 0 fully saturated rings. The molecule has 0 bridgehead atoms. The van der Waals surface area contributed by atoms with Gasteiger partial charge in [0.05, 0.1) is 41.3 Å². The first-order valence-corrected chi connectivity index (χ1v) is 9.05. The Morgan fingerprint density at radius 2 is 1.21 bits per heavy atom. The molecule has 0 aromatic rings. The third-order valence-electron chi connectivity index (χ3n) is 4.15. The van der Waals surface area contributed by atoms with Gasteiger partial charge in [0.15, 0.2) is 0 Å². The van der Waals surface area contributed by atoms with Gasteiger partial charge in [-0.05, 0) is 31.8 Å². The molecule has 0 aliphatic carbocycles. The van der Waals surface area contributed by atoms with Crippen molar-refractivity contribution in [2.24, 2.45) is 5.92 Å². The zero-order chi connectivity index (χ0) is 21.5. The van der Waals surface area contributed by atoms with E-state index in [0.29, 0.717) is 13.1 Å².